The molecule has 0 bridgehead atoms. The third-order valence-corrected chi connectivity index (χ3v) is 3.75. The van der Waals surface area contributed by atoms with E-state index in [-0.39, 0.29) is 0 Å². The van der Waals surface area contributed by atoms with Gasteiger partial charge in [0.05, 0.1) is 0 Å². The predicted molar refractivity (Wildman–Crippen MR) is 81.3 cm³/mol. The van der Waals surface area contributed by atoms with Gasteiger partial charge in [0, 0.05) is 12.2 Å². The van der Waals surface area contributed by atoms with Crippen LogP contribution in [0.25, 0.3) is 11.1 Å². The Labute approximate surface area is 114 Å². The van der Waals surface area contributed by atoms with Crippen LogP contribution in [0.1, 0.15) is 6.42 Å². The van der Waals surface area contributed by atoms with Crippen molar-refractivity contribution in [2.24, 2.45) is 5.92 Å². The van der Waals surface area contributed by atoms with Gasteiger partial charge in [-0.2, -0.15) is 0 Å². The fraction of sp³-hybridized carbons (Fsp3) is 0.294. The molecule has 98 valence electrons. The molecule has 19 heavy (non-hydrogen) atoms. The maximum atomic E-state index is 3.53. The second kappa shape index (κ2) is 5.89. The second-order valence-corrected chi connectivity index (χ2v) is 5.18. The van der Waals surface area contributed by atoms with Crippen LogP contribution < -0.4 is 10.6 Å². The molecule has 0 amide bonds. The quantitative estimate of drug-likeness (QED) is 0.871. The average Bonchev–Trinajstić information content (AvgIpc) is 3.00. The zero-order valence-corrected chi connectivity index (χ0v) is 11.1. The van der Waals surface area contributed by atoms with Crippen LogP contribution in [-0.4, -0.2) is 19.6 Å². The molecule has 0 spiro atoms. The molecule has 2 heteroatoms. The molecule has 3 rings (SSSR count). The first-order valence-corrected chi connectivity index (χ1v) is 7.02. The third kappa shape index (κ3) is 3.15. The fourth-order valence-corrected chi connectivity index (χ4v) is 2.56. The molecule has 1 unspecified atom stereocenters. The van der Waals surface area contributed by atoms with E-state index in [1.54, 1.807) is 0 Å². The van der Waals surface area contributed by atoms with Crippen molar-refractivity contribution in [1.82, 2.24) is 5.32 Å². The summed E-state index contributed by atoms with van der Waals surface area (Å²) in [7, 11) is 0. The molecule has 1 heterocycles. The molecule has 2 N–H and O–H groups in total. The SMILES string of the molecule is c1ccc(-c2ccc(NCC3CCNC3)cc2)cc1. The van der Waals surface area contributed by atoms with Crippen LogP contribution in [0.15, 0.2) is 54.6 Å². The zero-order valence-electron chi connectivity index (χ0n) is 11.1. The van der Waals surface area contributed by atoms with Gasteiger partial charge in [0.15, 0.2) is 0 Å². The molecule has 1 atom stereocenters. The lowest BCUT2D eigenvalue weighted by Crippen LogP contribution is -2.17. The van der Waals surface area contributed by atoms with Gasteiger partial charge in [-0.25, -0.2) is 0 Å². The van der Waals surface area contributed by atoms with Gasteiger partial charge in [0.25, 0.3) is 0 Å². The Morgan fingerprint density at radius 3 is 2.37 bits per heavy atom. The molecule has 0 aromatic heterocycles. The average molecular weight is 252 g/mol. The topological polar surface area (TPSA) is 24.1 Å². The highest BCUT2D eigenvalue weighted by Gasteiger charge is 2.13. The van der Waals surface area contributed by atoms with Crippen molar-refractivity contribution in [1.29, 1.82) is 0 Å². The molecule has 0 saturated carbocycles. The standard InChI is InChI=1S/C17H20N2/c1-2-4-15(5-3-1)16-6-8-17(9-7-16)19-13-14-10-11-18-12-14/h1-9,14,18-19H,10-13H2. The van der Waals surface area contributed by atoms with Crippen molar-refractivity contribution >= 4 is 5.69 Å². The number of hydrogen-bond acceptors (Lipinski definition) is 2. The van der Waals surface area contributed by atoms with Gasteiger partial charge in [-0.15, -0.1) is 0 Å². The highest BCUT2D eigenvalue weighted by atomic mass is 14.9. The summed E-state index contributed by atoms with van der Waals surface area (Å²) in [6.07, 6.45) is 1.29. The van der Waals surface area contributed by atoms with E-state index in [0.717, 1.165) is 19.0 Å². The smallest absolute Gasteiger partial charge is 0.0340 e. The molecule has 1 saturated heterocycles. The van der Waals surface area contributed by atoms with E-state index >= 15 is 0 Å². The Kier molecular flexibility index (Phi) is 3.80. The first-order valence-electron chi connectivity index (χ1n) is 7.02. The second-order valence-electron chi connectivity index (χ2n) is 5.18. The number of benzene rings is 2. The van der Waals surface area contributed by atoms with Gasteiger partial charge in [-0.1, -0.05) is 42.5 Å². The van der Waals surface area contributed by atoms with Gasteiger partial charge in [0.2, 0.25) is 0 Å². The van der Waals surface area contributed by atoms with Crippen LogP contribution in [-0.2, 0) is 0 Å². The van der Waals surface area contributed by atoms with E-state index in [1.165, 1.54) is 29.8 Å². The van der Waals surface area contributed by atoms with Gasteiger partial charge in [0.1, 0.15) is 0 Å². The van der Waals surface area contributed by atoms with Gasteiger partial charge in [-0.05, 0) is 48.7 Å². The molecule has 0 radical (unpaired) electrons. The van der Waals surface area contributed by atoms with Crippen LogP contribution in [0.3, 0.4) is 0 Å². The summed E-state index contributed by atoms with van der Waals surface area (Å²) in [5.41, 5.74) is 3.76. The van der Waals surface area contributed by atoms with E-state index in [1.807, 2.05) is 0 Å². The molecule has 2 aromatic rings. The van der Waals surface area contributed by atoms with E-state index in [4.69, 9.17) is 0 Å². The largest absolute Gasteiger partial charge is 0.385 e. The zero-order chi connectivity index (χ0) is 12.9. The van der Waals surface area contributed by atoms with E-state index in [9.17, 15) is 0 Å². The summed E-state index contributed by atoms with van der Waals surface area (Å²) in [6, 6.07) is 19.2. The summed E-state index contributed by atoms with van der Waals surface area (Å²) in [5, 5.41) is 6.92. The summed E-state index contributed by atoms with van der Waals surface area (Å²) in [5.74, 6) is 0.772. The van der Waals surface area contributed by atoms with Crippen molar-refractivity contribution in [2.45, 2.75) is 6.42 Å². The van der Waals surface area contributed by atoms with E-state index < -0.39 is 0 Å². The normalized spacial score (nSPS) is 18.4. The Morgan fingerprint density at radius 2 is 1.68 bits per heavy atom. The lowest BCUT2D eigenvalue weighted by molar-refractivity contribution is 0.615. The van der Waals surface area contributed by atoms with Crippen molar-refractivity contribution in [3.8, 4) is 11.1 Å². The first-order chi connectivity index (χ1) is 9.42. The van der Waals surface area contributed by atoms with E-state index in [0.29, 0.717) is 0 Å². The van der Waals surface area contributed by atoms with Crippen LogP contribution in [0.4, 0.5) is 5.69 Å². The number of rotatable bonds is 4. The maximum absolute atomic E-state index is 3.53. The van der Waals surface area contributed by atoms with Gasteiger partial charge in [-0.3, -0.25) is 0 Å². The van der Waals surface area contributed by atoms with Crippen molar-refractivity contribution < 1.29 is 0 Å². The van der Waals surface area contributed by atoms with E-state index in [2.05, 4.69) is 65.2 Å². The third-order valence-electron chi connectivity index (χ3n) is 3.75. The van der Waals surface area contributed by atoms with Crippen molar-refractivity contribution in [2.75, 3.05) is 25.0 Å². The highest BCUT2D eigenvalue weighted by Crippen LogP contribution is 2.21. The predicted octanol–water partition coefficient (Wildman–Crippen LogP) is 3.38. The van der Waals surface area contributed by atoms with Crippen LogP contribution >= 0.6 is 0 Å². The Morgan fingerprint density at radius 1 is 0.947 bits per heavy atom. The summed E-state index contributed by atoms with van der Waals surface area (Å²) < 4.78 is 0. The summed E-state index contributed by atoms with van der Waals surface area (Å²) >= 11 is 0. The summed E-state index contributed by atoms with van der Waals surface area (Å²) in [6.45, 7) is 3.38. The molecule has 1 aliphatic heterocycles. The Bertz CT molecular complexity index is 499. The summed E-state index contributed by atoms with van der Waals surface area (Å²) in [4.78, 5) is 0. The van der Waals surface area contributed by atoms with Crippen molar-refractivity contribution in [3.05, 3.63) is 54.6 Å². The molecule has 1 aliphatic rings. The number of hydrogen-bond donors (Lipinski definition) is 2. The van der Waals surface area contributed by atoms with Crippen LogP contribution in [0, 0.1) is 5.92 Å². The number of anilines is 1. The Balaban J connectivity index is 1.62. The lowest BCUT2D eigenvalue weighted by Gasteiger charge is -2.11. The Hall–Kier alpha value is -1.80. The molecular weight excluding hydrogens is 232 g/mol. The minimum absolute atomic E-state index is 0.772. The molecular formula is C17H20N2. The maximum Gasteiger partial charge on any atom is 0.0340 e. The minimum atomic E-state index is 0.772. The fourth-order valence-electron chi connectivity index (χ4n) is 2.56. The first kappa shape index (κ1) is 12.2. The molecule has 2 aromatic carbocycles. The van der Waals surface area contributed by atoms with Crippen LogP contribution in [0.2, 0.25) is 0 Å². The highest BCUT2D eigenvalue weighted by molar-refractivity contribution is 5.65. The van der Waals surface area contributed by atoms with Crippen molar-refractivity contribution in [3.63, 3.8) is 0 Å². The van der Waals surface area contributed by atoms with Gasteiger partial charge >= 0.3 is 0 Å². The number of nitrogens with one attached hydrogen (secondary N) is 2. The monoisotopic (exact) mass is 252 g/mol. The molecule has 2 nitrogen and oxygen atoms in total. The molecule has 0 aliphatic carbocycles. The van der Waals surface area contributed by atoms with Gasteiger partial charge < -0.3 is 10.6 Å². The molecule has 1 fully saturated rings. The lowest BCUT2D eigenvalue weighted by atomic mass is 10.1. The minimum Gasteiger partial charge on any atom is -0.385 e. The van der Waals surface area contributed by atoms with Crippen LogP contribution in [0.5, 0.6) is 0 Å².